The van der Waals surface area contributed by atoms with E-state index in [4.69, 9.17) is 9.47 Å². The van der Waals surface area contributed by atoms with Gasteiger partial charge in [-0.15, -0.1) is 0 Å². The van der Waals surface area contributed by atoms with Crippen molar-refractivity contribution < 1.29 is 9.47 Å². The van der Waals surface area contributed by atoms with Gasteiger partial charge in [0, 0.05) is 40.9 Å². The zero-order chi connectivity index (χ0) is 38.3. The van der Waals surface area contributed by atoms with E-state index < -0.39 is 0 Å². The molecule has 5 aromatic carbocycles. The number of anilines is 6. The molecular weight excluding hydrogens is 671 g/mol. The van der Waals surface area contributed by atoms with Crippen LogP contribution < -0.4 is 35.7 Å². The lowest BCUT2D eigenvalue weighted by molar-refractivity contribution is 0.297. The van der Waals surface area contributed by atoms with Gasteiger partial charge in [-0.3, -0.25) is 0 Å². The number of aryl methyl sites for hydroxylation is 3. The van der Waals surface area contributed by atoms with E-state index in [0.717, 1.165) is 43.6 Å². The molecule has 0 radical (unpaired) electrons. The van der Waals surface area contributed by atoms with Crippen molar-refractivity contribution in [3.05, 3.63) is 111 Å². The van der Waals surface area contributed by atoms with Crippen LogP contribution in [0.25, 0.3) is 0 Å². The lowest BCUT2D eigenvalue weighted by Gasteiger charge is -2.45. The molecule has 3 aliphatic heterocycles. The highest BCUT2D eigenvalue weighted by Gasteiger charge is 2.46. The maximum absolute atomic E-state index is 6.49. The third kappa shape index (κ3) is 5.46. The summed E-state index contributed by atoms with van der Waals surface area (Å²) in [5, 5.41) is 0. The highest BCUT2D eigenvalue weighted by molar-refractivity contribution is 7.00. The lowest BCUT2D eigenvalue weighted by atomic mass is 9.33. The van der Waals surface area contributed by atoms with Crippen LogP contribution in [0, 0.1) is 31.6 Å². The molecule has 280 valence electrons. The van der Waals surface area contributed by atoms with E-state index >= 15 is 0 Å². The van der Waals surface area contributed by atoms with Gasteiger partial charge in [-0.25, -0.2) is 0 Å². The maximum Gasteiger partial charge on any atom is 0.252 e. The van der Waals surface area contributed by atoms with E-state index in [1.165, 1.54) is 95.0 Å². The minimum atomic E-state index is 0.0390. The van der Waals surface area contributed by atoms with Gasteiger partial charge in [0.05, 0.1) is 18.9 Å². The quantitative estimate of drug-likeness (QED) is 0.166. The smallest absolute Gasteiger partial charge is 0.252 e. The Kier molecular flexibility index (Phi) is 7.41. The molecule has 5 heteroatoms. The standard InChI is InChI=1S/C50H55BN2O2/c1-29-16-42-46-43(17-29)53(47-30(2)18-36(19-31(47)3)48(4,5)6)41-24-45-44(54-14-11-15-55-45)23-39(41)51(46)38-21-34-27-50(9,10)28-35(34)22-40(38)52(42)37-13-12-32-25-49(7,8)26-33(32)20-37/h12-13,16-24H,11,14-15,25-28H2,1-10H3. The summed E-state index contributed by atoms with van der Waals surface area (Å²) in [6.07, 6.45) is 5.33. The zero-order valence-corrected chi connectivity index (χ0v) is 34.6. The van der Waals surface area contributed by atoms with Crippen molar-refractivity contribution in [3.8, 4) is 11.5 Å². The van der Waals surface area contributed by atoms with Crippen LogP contribution in [0.3, 0.4) is 0 Å². The molecule has 10 rings (SSSR count). The minimum absolute atomic E-state index is 0.0390. The van der Waals surface area contributed by atoms with Crippen molar-refractivity contribution in [2.75, 3.05) is 23.0 Å². The van der Waals surface area contributed by atoms with Crippen molar-refractivity contribution in [3.63, 3.8) is 0 Å². The second-order valence-corrected chi connectivity index (χ2v) is 20.1. The Bertz CT molecular complexity index is 2440. The Balaban J connectivity index is 1.29. The fraction of sp³-hybridized carbons (Fsp3) is 0.400. The number of fused-ring (bicyclic) bond motifs is 7. The molecule has 5 aliphatic rings. The molecule has 0 spiro atoms. The first-order valence-corrected chi connectivity index (χ1v) is 20.6. The number of nitrogens with zero attached hydrogens (tertiary/aromatic N) is 2. The normalized spacial score (nSPS) is 18.3. The number of hydrogen-bond acceptors (Lipinski definition) is 4. The topological polar surface area (TPSA) is 24.9 Å². The molecule has 55 heavy (non-hydrogen) atoms. The first-order chi connectivity index (χ1) is 26.0. The van der Waals surface area contributed by atoms with E-state index in [1.807, 2.05) is 0 Å². The van der Waals surface area contributed by atoms with Crippen LogP contribution in [0.4, 0.5) is 34.1 Å². The number of ether oxygens (including phenoxy) is 2. The molecule has 3 heterocycles. The summed E-state index contributed by atoms with van der Waals surface area (Å²) in [4.78, 5) is 5.21. The summed E-state index contributed by atoms with van der Waals surface area (Å²) in [6, 6.07) is 26.8. The summed E-state index contributed by atoms with van der Waals surface area (Å²) < 4.78 is 12.9. The van der Waals surface area contributed by atoms with E-state index in [1.54, 1.807) is 0 Å². The minimum Gasteiger partial charge on any atom is -0.490 e. The first kappa shape index (κ1) is 34.8. The van der Waals surface area contributed by atoms with Crippen molar-refractivity contribution in [2.45, 2.75) is 107 Å². The molecule has 0 saturated carbocycles. The summed E-state index contributed by atoms with van der Waals surface area (Å²) in [6.45, 7) is 24.9. The predicted octanol–water partition coefficient (Wildman–Crippen LogP) is 10.4. The summed E-state index contributed by atoms with van der Waals surface area (Å²) in [5.41, 5.74) is 23.4. The molecule has 4 nitrogen and oxygen atoms in total. The van der Waals surface area contributed by atoms with Crippen molar-refractivity contribution >= 4 is 57.2 Å². The highest BCUT2D eigenvalue weighted by Crippen LogP contribution is 2.50. The van der Waals surface area contributed by atoms with Crippen LogP contribution in [0.15, 0.2) is 66.7 Å². The fourth-order valence-electron chi connectivity index (χ4n) is 10.8. The number of hydrogen-bond donors (Lipinski definition) is 0. The summed E-state index contributed by atoms with van der Waals surface area (Å²) in [7, 11) is 0. The van der Waals surface area contributed by atoms with Crippen molar-refractivity contribution in [2.24, 2.45) is 10.8 Å². The van der Waals surface area contributed by atoms with Gasteiger partial charge in [-0.2, -0.15) is 0 Å². The first-order valence-electron chi connectivity index (χ1n) is 20.6. The van der Waals surface area contributed by atoms with Crippen LogP contribution in [-0.4, -0.2) is 19.9 Å². The van der Waals surface area contributed by atoms with Crippen LogP contribution in [0.1, 0.15) is 99.4 Å². The molecular formula is C50H55BN2O2. The van der Waals surface area contributed by atoms with Crippen LogP contribution in [0.2, 0.25) is 0 Å². The van der Waals surface area contributed by atoms with Gasteiger partial charge in [-0.1, -0.05) is 72.7 Å². The fourth-order valence-corrected chi connectivity index (χ4v) is 10.8. The molecule has 0 fully saturated rings. The third-order valence-corrected chi connectivity index (χ3v) is 13.1. The predicted molar refractivity (Wildman–Crippen MR) is 231 cm³/mol. The molecule has 0 unspecified atom stereocenters. The third-order valence-electron chi connectivity index (χ3n) is 13.1. The summed E-state index contributed by atoms with van der Waals surface area (Å²) >= 11 is 0. The monoisotopic (exact) mass is 726 g/mol. The largest absolute Gasteiger partial charge is 0.490 e. The maximum atomic E-state index is 6.49. The Labute approximate surface area is 328 Å². The van der Waals surface area contributed by atoms with Gasteiger partial charge < -0.3 is 19.3 Å². The molecule has 2 aliphatic carbocycles. The highest BCUT2D eigenvalue weighted by atomic mass is 16.5. The van der Waals surface area contributed by atoms with E-state index in [-0.39, 0.29) is 23.0 Å². The molecule has 0 atom stereocenters. The van der Waals surface area contributed by atoms with E-state index in [9.17, 15) is 0 Å². The number of benzene rings is 5. The van der Waals surface area contributed by atoms with Crippen LogP contribution in [-0.2, 0) is 31.1 Å². The molecule has 0 aromatic heterocycles. The molecule has 0 amide bonds. The van der Waals surface area contributed by atoms with Gasteiger partial charge in [0.2, 0.25) is 0 Å². The molecule has 0 saturated heterocycles. The number of rotatable bonds is 2. The van der Waals surface area contributed by atoms with Crippen molar-refractivity contribution in [1.29, 1.82) is 0 Å². The average molecular weight is 727 g/mol. The van der Waals surface area contributed by atoms with Gasteiger partial charge >= 0.3 is 0 Å². The second-order valence-electron chi connectivity index (χ2n) is 20.1. The summed E-state index contributed by atoms with van der Waals surface area (Å²) in [5.74, 6) is 1.70. The Morgan fingerprint density at radius 1 is 0.582 bits per heavy atom. The SMILES string of the molecule is Cc1cc2c3c(c1)N(c1c(C)cc(C(C)(C)C)cc1C)c1cc4c(cc1B3c1cc3c(cc1N2c1ccc2c(c1)CC(C)(C)C2)CC(C)(C)C3)OCCCO4. The van der Waals surface area contributed by atoms with Gasteiger partial charge in [-0.05, 0) is 160 Å². The molecule has 0 N–H and O–H groups in total. The average Bonchev–Trinajstić information content (AvgIpc) is 3.46. The molecule has 5 aromatic rings. The Hall–Kier alpha value is -4.64. The van der Waals surface area contributed by atoms with Gasteiger partial charge in [0.25, 0.3) is 6.71 Å². The van der Waals surface area contributed by atoms with Crippen molar-refractivity contribution in [1.82, 2.24) is 0 Å². The Morgan fingerprint density at radius 2 is 1.13 bits per heavy atom. The Morgan fingerprint density at radius 3 is 1.78 bits per heavy atom. The van der Waals surface area contributed by atoms with Crippen LogP contribution in [0.5, 0.6) is 11.5 Å². The zero-order valence-electron chi connectivity index (χ0n) is 34.6. The second kappa shape index (κ2) is 11.7. The molecule has 0 bridgehead atoms. The van der Waals surface area contributed by atoms with E-state index in [2.05, 4.69) is 146 Å². The van der Waals surface area contributed by atoms with Gasteiger partial charge in [0.15, 0.2) is 11.5 Å². The van der Waals surface area contributed by atoms with Crippen LogP contribution >= 0.6 is 0 Å². The van der Waals surface area contributed by atoms with E-state index in [0.29, 0.717) is 13.2 Å². The lowest BCUT2D eigenvalue weighted by Crippen LogP contribution is -2.61. The van der Waals surface area contributed by atoms with Gasteiger partial charge in [0.1, 0.15) is 0 Å².